The highest BCUT2D eigenvalue weighted by Crippen LogP contribution is 2.36. The van der Waals surface area contributed by atoms with Gasteiger partial charge in [-0.2, -0.15) is 13.2 Å². The van der Waals surface area contributed by atoms with Crippen molar-refractivity contribution in [2.75, 3.05) is 30.4 Å². The lowest BCUT2D eigenvalue weighted by molar-refractivity contribution is -0.137. The highest BCUT2D eigenvalue weighted by Gasteiger charge is 2.33. The van der Waals surface area contributed by atoms with Crippen LogP contribution >= 0.6 is 11.6 Å². The maximum Gasteiger partial charge on any atom is 0.417 e. The minimum absolute atomic E-state index is 0.0502. The molecule has 34 heavy (non-hydrogen) atoms. The summed E-state index contributed by atoms with van der Waals surface area (Å²) < 4.78 is 50.1. The number of pyridine rings is 1. The van der Waals surface area contributed by atoms with Crippen molar-refractivity contribution in [3.05, 3.63) is 41.0 Å². The number of piperidine rings is 1. The Morgan fingerprint density at radius 1 is 1.12 bits per heavy atom. The molecule has 0 unspecified atom stereocenters. The lowest BCUT2D eigenvalue weighted by Gasteiger charge is -2.32. The van der Waals surface area contributed by atoms with Crippen LogP contribution < -0.4 is 19.7 Å². The van der Waals surface area contributed by atoms with Gasteiger partial charge in [0.15, 0.2) is 11.5 Å². The summed E-state index contributed by atoms with van der Waals surface area (Å²) in [5, 5.41) is 2.91. The van der Waals surface area contributed by atoms with Gasteiger partial charge in [-0.25, -0.2) is 4.98 Å². The van der Waals surface area contributed by atoms with Crippen LogP contribution in [0.2, 0.25) is 5.02 Å². The number of aromatic nitrogens is 1. The van der Waals surface area contributed by atoms with Crippen LogP contribution in [0.3, 0.4) is 0 Å². The third-order valence-electron chi connectivity index (χ3n) is 6.34. The predicted molar refractivity (Wildman–Crippen MR) is 124 cm³/mol. The van der Waals surface area contributed by atoms with E-state index in [1.807, 2.05) is 4.90 Å². The number of nitrogens with zero attached hydrogens (tertiary/aromatic N) is 2. The minimum atomic E-state index is -4.50. The minimum Gasteiger partial charge on any atom is -0.493 e. The fraction of sp³-hybridized carbons (Fsp3) is 0.500. The van der Waals surface area contributed by atoms with E-state index in [0.717, 1.165) is 37.9 Å². The van der Waals surface area contributed by atoms with Gasteiger partial charge in [0, 0.05) is 37.0 Å². The fourth-order valence-corrected chi connectivity index (χ4v) is 4.73. The Labute approximate surface area is 201 Å². The topological polar surface area (TPSA) is 63.7 Å². The van der Waals surface area contributed by atoms with E-state index in [1.54, 1.807) is 25.3 Å². The Balaban J connectivity index is 1.36. The number of anilines is 2. The molecule has 1 aliphatic carbocycles. The van der Waals surface area contributed by atoms with E-state index in [-0.39, 0.29) is 23.0 Å². The van der Waals surface area contributed by atoms with Crippen molar-refractivity contribution in [1.29, 1.82) is 0 Å². The molecule has 1 aliphatic heterocycles. The lowest BCUT2D eigenvalue weighted by atomic mass is 9.95. The number of nitrogens with one attached hydrogen (secondary N) is 1. The van der Waals surface area contributed by atoms with Crippen LogP contribution in [0.1, 0.15) is 44.1 Å². The Morgan fingerprint density at radius 2 is 1.82 bits per heavy atom. The Morgan fingerprint density at radius 3 is 2.44 bits per heavy atom. The van der Waals surface area contributed by atoms with Gasteiger partial charge >= 0.3 is 6.18 Å². The number of carbonyl (C=O) groups excluding carboxylic acids is 1. The first-order valence-electron chi connectivity index (χ1n) is 11.4. The van der Waals surface area contributed by atoms with Crippen LogP contribution in [-0.2, 0) is 11.0 Å². The monoisotopic (exact) mass is 497 g/mol. The van der Waals surface area contributed by atoms with Crippen LogP contribution in [-0.4, -0.2) is 37.2 Å². The van der Waals surface area contributed by atoms with Gasteiger partial charge in [0.05, 0.1) is 23.8 Å². The second-order valence-corrected chi connectivity index (χ2v) is 9.07. The zero-order valence-corrected chi connectivity index (χ0v) is 19.6. The summed E-state index contributed by atoms with van der Waals surface area (Å²) in [6.45, 7) is 0.934. The fourth-order valence-electron chi connectivity index (χ4n) is 4.45. The average Bonchev–Trinajstić information content (AvgIpc) is 3.32. The SMILES string of the molecule is COc1ccc(NC(=O)C2CCN(c3ncc(C(F)(F)F)cc3Cl)CC2)cc1OC1CCCC1. The summed E-state index contributed by atoms with van der Waals surface area (Å²) in [5.74, 6) is 1.20. The van der Waals surface area contributed by atoms with E-state index >= 15 is 0 Å². The maximum absolute atomic E-state index is 12.9. The summed E-state index contributed by atoms with van der Waals surface area (Å²) in [6, 6.07) is 6.23. The molecule has 2 fully saturated rings. The standard InChI is InChI=1S/C24H27ClF3N3O3/c1-33-20-7-6-17(13-21(20)34-18-4-2-3-5-18)30-23(32)15-8-10-31(11-9-15)22-19(25)12-16(14-29-22)24(26,27)28/h6-7,12-15,18H,2-5,8-11H2,1H3,(H,30,32). The largest absolute Gasteiger partial charge is 0.493 e. The number of halogens is 4. The molecule has 1 aromatic heterocycles. The molecule has 0 atom stereocenters. The zero-order valence-electron chi connectivity index (χ0n) is 18.8. The number of rotatable bonds is 6. The predicted octanol–water partition coefficient (Wildman–Crippen LogP) is 5.94. The summed E-state index contributed by atoms with van der Waals surface area (Å²) in [5.41, 5.74) is -0.250. The quantitative estimate of drug-likeness (QED) is 0.535. The molecule has 6 nitrogen and oxygen atoms in total. The smallest absolute Gasteiger partial charge is 0.417 e. The highest BCUT2D eigenvalue weighted by atomic mass is 35.5. The lowest BCUT2D eigenvalue weighted by Crippen LogP contribution is -2.38. The normalized spacial score (nSPS) is 17.6. The third kappa shape index (κ3) is 5.68. The van der Waals surface area contributed by atoms with Gasteiger partial charge in [0.1, 0.15) is 5.82 Å². The van der Waals surface area contributed by atoms with Crippen LogP contribution in [0.25, 0.3) is 0 Å². The zero-order chi connectivity index (χ0) is 24.3. The number of amides is 1. The molecule has 0 bridgehead atoms. The summed E-state index contributed by atoms with van der Waals surface area (Å²) in [4.78, 5) is 18.6. The molecule has 2 aromatic rings. The van der Waals surface area contributed by atoms with Gasteiger partial charge in [-0.3, -0.25) is 4.79 Å². The van der Waals surface area contributed by atoms with Gasteiger partial charge in [-0.15, -0.1) is 0 Å². The summed E-state index contributed by atoms with van der Waals surface area (Å²) in [7, 11) is 1.58. The number of benzene rings is 1. The molecule has 0 radical (unpaired) electrons. The third-order valence-corrected chi connectivity index (χ3v) is 6.62. The van der Waals surface area contributed by atoms with Crippen molar-refractivity contribution in [3.63, 3.8) is 0 Å². The van der Waals surface area contributed by atoms with Crippen LogP contribution in [0, 0.1) is 5.92 Å². The molecule has 0 spiro atoms. The number of carbonyl (C=O) groups is 1. The van der Waals surface area contributed by atoms with Crippen molar-refractivity contribution >= 4 is 29.0 Å². The van der Waals surface area contributed by atoms with Crippen molar-refractivity contribution in [2.45, 2.75) is 50.8 Å². The van der Waals surface area contributed by atoms with E-state index in [9.17, 15) is 18.0 Å². The van der Waals surface area contributed by atoms with E-state index in [4.69, 9.17) is 21.1 Å². The average molecular weight is 498 g/mol. The van der Waals surface area contributed by atoms with Crippen molar-refractivity contribution < 1.29 is 27.4 Å². The summed E-state index contributed by atoms with van der Waals surface area (Å²) >= 11 is 6.07. The maximum atomic E-state index is 12.9. The molecule has 1 saturated carbocycles. The molecule has 2 aliphatic rings. The molecule has 1 saturated heterocycles. The first kappa shape index (κ1) is 24.4. The molecule has 1 N–H and O–H groups in total. The van der Waals surface area contributed by atoms with Crippen LogP contribution in [0.15, 0.2) is 30.5 Å². The van der Waals surface area contributed by atoms with Gasteiger partial charge in [-0.1, -0.05) is 11.6 Å². The van der Waals surface area contributed by atoms with Crippen molar-refractivity contribution in [3.8, 4) is 11.5 Å². The number of ether oxygens (including phenoxy) is 2. The van der Waals surface area contributed by atoms with Crippen LogP contribution in [0.4, 0.5) is 24.7 Å². The van der Waals surface area contributed by atoms with Gasteiger partial charge in [-0.05, 0) is 56.7 Å². The van der Waals surface area contributed by atoms with E-state index < -0.39 is 11.7 Å². The van der Waals surface area contributed by atoms with E-state index in [0.29, 0.717) is 48.9 Å². The Bertz CT molecular complexity index is 1020. The van der Waals surface area contributed by atoms with Gasteiger partial charge in [0.2, 0.25) is 5.91 Å². The van der Waals surface area contributed by atoms with E-state index in [2.05, 4.69) is 10.3 Å². The molecule has 4 rings (SSSR count). The van der Waals surface area contributed by atoms with Gasteiger partial charge in [0.25, 0.3) is 0 Å². The first-order chi connectivity index (χ1) is 16.2. The first-order valence-corrected chi connectivity index (χ1v) is 11.8. The Kier molecular flexibility index (Phi) is 7.40. The molecule has 2 heterocycles. The highest BCUT2D eigenvalue weighted by molar-refractivity contribution is 6.33. The van der Waals surface area contributed by atoms with Crippen LogP contribution in [0.5, 0.6) is 11.5 Å². The summed E-state index contributed by atoms with van der Waals surface area (Å²) in [6.07, 6.45) is 1.84. The van der Waals surface area contributed by atoms with E-state index in [1.165, 1.54) is 0 Å². The molecule has 1 amide bonds. The number of alkyl halides is 3. The molecule has 1 aromatic carbocycles. The molecule has 10 heteroatoms. The van der Waals surface area contributed by atoms with Crippen molar-refractivity contribution in [1.82, 2.24) is 4.98 Å². The Hall–Kier alpha value is -2.68. The number of methoxy groups -OCH3 is 1. The number of hydrogen-bond acceptors (Lipinski definition) is 5. The van der Waals surface area contributed by atoms with Gasteiger partial charge < -0.3 is 19.7 Å². The molecular weight excluding hydrogens is 471 g/mol. The second kappa shape index (κ2) is 10.3. The number of hydrogen-bond donors (Lipinski definition) is 1. The molecular formula is C24H27ClF3N3O3. The second-order valence-electron chi connectivity index (χ2n) is 8.67. The molecule has 184 valence electrons. The van der Waals surface area contributed by atoms with Crippen molar-refractivity contribution in [2.24, 2.45) is 5.92 Å².